The summed E-state index contributed by atoms with van der Waals surface area (Å²) in [5.74, 6) is 4.33. The molecular formula is C36H32N2O7. The molecule has 0 saturated heterocycles. The molecule has 0 bridgehead atoms. The van der Waals surface area contributed by atoms with Crippen LogP contribution in [-0.2, 0) is 31.2 Å². The van der Waals surface area contributed by atoms with Gasteiger partial charge in [-0.2, -0.15) is 0 Å². The summed E-state index contributed by atoms with van der Waals surface area (Å²) in [6, 6.07) is 34.7. The molecule has 0 unspecified atom stereocenters. The molecule has 0 saturated carbocycles. The van der Waals surface area contributed by atoms with E-state index in [-0.39, 0.29) is 13.2 Å². The van der Waals surface area contributed by atoms with Crippen molar-refractivity contribution in [2.75, 3.05) is 14.2 Å². The smallest absolute Gasteiger partial charge is 0.163 e. The molecule has 0 amide bonds. The predicted octanol–water partition coefficient (Wildman–Crippen LogP) is 7.89. The van der Waals surface area contributed by atoms with Crippen LogP contribution < -0.4 is 18.9 Å². The van der Waals surface area contributed by atoms with Crippen molar-refractivity contribution >= 4 is 0 Å². The number of rotatable bonds is 14. The van der Waals surface area contributed by atoms with Gasteiger partial charge in [-0.3, -0.25) is 0 Å². The van der Waals surface area contributed by atoms with Crippen molar-refractivity contribution in [2.24, 2.45) is 0 Å². The molecule has 0 aliphatic heterocycles. The van der Waals surface area contributed by atoms with Crippen LogP contribution in [0.2, 0.25) is 0 Å². The summed E-state index contributed by atoms with van der Waals surface area (Å²) < 4.78 is 39.1. The van der Waals surface area contributed by atoms with Crippen LogP contribution in [0.5, 0.6) is 23.0 Å². The minimum atomic E-state index is 0.240. The summed E-state index contributed by atoms with van der Waals surface area (Å²) in [5.41, 5.74) is 5.31. The molecule has 0 aliphatic rings. The molecule has 0 radical (unpaired) electrons. The Balaban J connectivity index is 0.957. The van der Waals surface area contributed by atoms with Gasteiger partial charge in [-0.05, 0) is 83.9 Å². The average Bonchev–Trinajstić information content (AvgIpc) is 3.77. The molecular weight excluding hydrogens is 572 g/mol. The lowest BCUT2D eigenvalue weighted by Crippen LogP contribution is -1.96. The summed E-state index contributed by atoms with van der Waals surface area (Å²) in [6.07, 6.45) is 0. The molecule has 0 aliphatic carbocycles. The normalized spacial score (nSPS) is 10.9. The number of hydrogen-bond donors (Lipinski definition) is 0. The third-order valence-electron chi connectivity index (χ3n) is 6.99. The van der Waals surface area contributed by atoms with Gasteiger partial charge in [0.25, 0.3) is 0 Å². The van der Waals surface area contributed by atoms with Gasteiger partial charge in [-0.25, -0.2) is 0 Å². The topological polar surface area (TPSA) is 98.2 Å². The van der Waals surface area contributed by atoms with Crippen molar-refractivity contribution < 1.29 is 32.7 Å². The standard InChI is InChI=1S/C36H32N2O7/c1-39-31-7-3-5-25(17-31)21-42-29-13-9-27(10-14-29)35-19-33(44-37-35)23-41-24-34-20-36(38-45-34)28-11-15-30(16-12-28)43-22-26-6-4-8-32(18-26)40-2/h3-20H,21-24H2,1-2H3. The Morgan fingerprint density at radius 1 is 0.489 bits per heavy atom. The van der Waals surface area contributed by atoms with Crippen LogP contribution in [0.25, 0.3) is 22.5 Å². The third-order valence-corrected chi connectivity index (χ3v) is 6.99. The molecule has 4 aromatic carbocycles. The van der Waals surface area contributed by atoms with Crippen molar-refractivity contribution in [1.82, 2.24) is 10.3 Å². The fraction of sp³-hybridized carbons (Fsp3) is 0.167. The van der Waals surface area contributed by atoms with Crippen LogP contribution in [0, 0.1) is 0 Å². The van der Waals surface area contributed by atoms with Gasteiger partial charge in [-0.1, -0.05) is 34.6 Å². The summed E-state index contributed by atoms with van der Waals surface area (Å²) >= 11 is 0. The zero-order valence-electron chi connectivity index (χ0n) is 25.0. The summed E-state index contributed by atoms with van der Waals surface area (Å²) in [7, 11) is 3.30. The van der Waals surface area contributed by atoms with Crippen LogP contribution in [0.1, 0.15) is 22.6 Å². The highest BCUT2D eigenvalue weighted by Crippen LogP contribution is 2.26. The fourth-order valence-electron chi connectivity index (χ4n) is 4.59. The van der Waals surface area contributed by atoms with Crippen molar-refractivity contribution in [2.45, 2.75) is 26.4 Å². The zero-order chi connectivity index (χ0) is 30.8. The van der Waals surface area contributed by atoms with E-state index in [0.29, 0.717) is 36.1 Å². The summed E-state index contributed by atoms with van der Waals surface area (Å²) in [5, 5.41) is 8.36. The SMILES string of the molecule is COc1cccc(COc2ccc(-c3cc(COCc4cc(-c5ccc(OCc6cccc(OC)c6)cc5)no4)on3)cc2)c1. The number of aromatic nitrogens is 2. The lowest BCUT2D eigenvalue weighted by atomic mass is 10.1. The van der Waals surface area contributed by atoms with Gasteiger partial charge in [-0.15, -0.1) is 0 Å². The van der Waals surface area contributed by atoms with Crippen molar-refractivity contribution in [1.29, 1.82) is 0 Å². The van der Waals surface area contributed by atoms with Gasteiger partial charge >= 0.3 is 0 Å². The molecule has 0 spiro atoms. The van der Waals surface area contributed by atoms with Crippen LogP contribution in [0.15, 0.2) is 118 Å². The Morgan fingerprint density at radius 3 is 1.36 bits per heavy atom. The molecule has 6 rings (SSSR count). The Hall–Kier alpha value is -5.54. The molecule has 2 aromatic heterocycles. The molecule has 2 heterocycles. The van der Waals surface area contributed by atoms with Crippen LogP contribution in [0.3, 0.4) is 0 Å². The first kappa shape index (κ1) is 29.5. The second-order valence-corrected chi connectivity index (χ2v) is 10.2. The molecule has 0 atom stereocenters. The van der Waals surface area contributed by atoms with Crippen molar-refractivity contribution in [3.63, 3.8) is 0 Å². The minimum Gasteiger partial charge on any atom is -0.497 e. The van der Waals surface area contributed by atoms with Gasteiger partial charge < -0.3 is 32.7 Å². The number of methoxy groups -OCH3 is 2. The summed E-state index contributed by atoms with van der Waals surface area (Å²) in [4.78, 5) is 0. The molecule has 0 N–H and O–H groups in total. The molecule has 45 heavy (non-hydrogen) atoms. The molecule has 6 aromatic rings. The Morgan fingerprint density at radius 2 is 0.933 bits per heavy atom. The van der Waals surface area contributed by atoms with E-state index in [0.717, 1.165) is 45.3 Å². The second kappa shape index (κ2) is 14.3. The molecule has 228 valence electrons. The van der Waals surface area contributed by atoms with Crippen LogP contribution in [-0.4, -0.2) is 24.5 Å². The van der Waals surface area contributed by atoms with E-state index in [2.05, 4.69) is 10.3 Å². The predicted molar refractivity (Wildman–Crippen MR) is 167 cm³/mol. The maximum absolute atomic E-state index is 5.91. The van der Waals surface area contributed by atoms with Crippen molar-refractivity contribution in [3.8, 4) is 45.5 Å². The largest absolute Gasteiger partial charge is 0.497 e. The third kappa shape index (κ3) is 7.90. The number of ether oxygens (including phenoxy) is 5. The van der Waals surface area contributed by atoms with Gasteiger partial charge in [0.1, 0.15) is 60.8 Å². The van der Waals surface area contributed by atoms with Gasteiger partial charge in [0.2, 0.25) is 0 Å². The summed E-state index contributed by atoms with van der Waals surface area (Å²) in [6.45, 7) is 1.37. The Bertz CT molecular complexity index is 1680. The van der Waals surface area contributed by atoms with Crippen LogP contribution in [0.4, 0.5) is 0 Å². The van der Waals surface area contributed by atoms with Crippen molar-refractivity contribution in [3.05, 3.63) is 132 Å². The van der Waals surface area contributed by atoms with E-state index in [9.17, 15) is 0 Å². The van der Waals surface area contributed by atoms with Gasteiger partial charge in [0.05, 0.1) is 14.2 Å². The van der Waals surface area contributed by atoms with Gasteiger partial charge in [0.15, 0.2) is 11.5 Å². The van der Waals surface area contributed by atoms with E-state index < -0.39 is 0 Å². The van der Waals surface area contributed by atoms with E-state index in [1.54, 1.807) is 14.2 Å². The monoisotopic (exact) mass is 604 g/mol. The van der Waals surface area contributed by atoms with E-state index >= 15 is 0 Å². The molecule has 0 fully saturated rings. The quantitative estimate of drug-likeness (QED) is 0.123. The highest BCUT2D eigenvalue weighted by atomic mass is 16.5. The van der Waals surface area contributed by atoms with E-state index in [1.165, 1.54) is 0 Å². The maximum Gasteiger partial charge on any atom is 0.163 e. The zero-order valence-corrected chi connectivity index (χ0v) is 25.0. The lowest BCUT2D eigenvalue weighted by molar-refractivity contribution is 0.0727. The highest BCUT2D eigenvalue weighted by molar-refractivity contribution is 5.60. The fourth-order valence-corrected chi connectivity index (χ4v) is 4.59. The lowest BCUT2D eigenvalue weighted by Gasteiger charge is -2.08. The first-order valence-corrected chi connectivity index (χ1v) is 14.4. The average molecular weight is 605 g/mol. The van der Waals surface area contributed by atoms with Crippen LogP contribution >= 0.6 is 0 Å². The highest BCUT2D eigenvalue weighted by Gasteiger charge is 2.11. The molecule has 9 nitrogen and oxygen atoms in total. The minimum absolute atomic E-state index is 0.240. The number of nitrogens with zero attached hydrogens (tertiary/aromatic N) is 2. The Labute approximate surface area is 260 Å². The first-order valence-electron chi connectivity index (χ1n) is 14.4. The van der Waals surface area contributed by atoms with E-state index in [1.807, 2.05) is 109 Å². The number of benzene rings is 4. The van der Waals surface area contributed by atoms with Gasteiger partial charge in [0, 0.05) is 23.3 Å². The maximum atomic E-state index is 5.91. The Kier molecular flexibility index (Phi) is 9.38. The van der Waals surface area contributed by atoms with E-state index in [4.69, 9.17) is 32.7 Å². The second-order valence-electron chi connectivity index (χ2n) is 10.2. The first-order chi connectivity index (χ1) is 22.1. The number of hydrogen-bond acceptors (Lipinski definition) is 9. The molecule has 9 heteroatoms.